The minimum Gasteiger partial charge on any atom is -0.312 e. The van der Waals surface area contributed by atoms with Crippen LogP contribution in [-0.4, -0.2) is 12.7 Å². The van der Waals surface area contributed by atoms with Gasteiger partial charge in [0.05, 0.1) is 5.02 Å². The minimum atomic E-state index is -4.05. The Kier molecular flexibility index (Phi) is 4.89. The topological polar surface area (TPSA) is 12.0 Å². The maximum absolute atomic E-state index is 11.8. The molecule has 0 aliphatic rings. The molecule has 0 fully saturated rings. The van der Waals surface area contributed by atoms with E-state index in [0.29, 0.717) is 18.1 Å². The van der Waals surface area contributed by atoms with Crippen molar-refractivity contribution in [1.29, 1.82) is 0 Å². The van der Waals surface area contributed by atoms with Crippen LogP contribution in [0.3, 0.4) is 0 Å². The van der Waals surface area contributed by atoms with Crippen molar-refractivity contribution < 1.29 is 13.2 Å². The Hall–Kier alpha value is -0.260. The van der Waals surface area contributed by atoms with E-state index in [1.54, 1.807) is 5.38 Å². The summed E-state index contributed by atoms with van der Waals surface area (Å²) in [5.74, 6) is 0. The van der Waals surface area contributed by atoms with Gasteiger partial charge >= 0.3 is 6.18 Å². The summed E-state index contributed by atoms with van der Waals surface area (Å²) in [6.45, 7) is 0.949. The number of alkyl halides is 3. The molecule has 1 aromatic rings. The van der Waals surface area contributed by atoms with Crippen LogP contribution in [0, 0.1) is 0 Å². The molecule has 0 aliphatic carbocycles. The Labute approximate surface area is 95.2 Å². The van der Waals surface area contributed by atoms with Gasteiger partial charge in [0.1, 0.15) is 0 Å². The zero-order chi connectivity index (χ0) is 11.3. The van der Waals surface area contributed by atoms with Crippen LogP contribution in [0.15, 0.2) is 11.4 Å². The lowest BCUT2D eigenvalue weighted by atomic mass is 10.3. The van der Waals surface area contributed by atoms with Crippen LogP contribution < -0.4 is 5.32 Å². The number of thiophene rings is 1. The van der Waals surface area contributed by atoms with Crippen LogP contribution in [0.5, 0.6) is 0 Å². The summed E-state index contributed by atoms with van der Waals surface area (Å²) in [4.78, 5) is 1.03. The van der Waals surface area contributed by atoms with E-state index in [1.165, 1.54) is 11.3 Å². The number of hydrogen-bond donors (Lipinski definition) is 1. The largest absolute Gasteiger partial charge is 0.389 e. The second-order valence-corrected chi connectivity index (χ2v) is 4.56. The third kappa shape index (κ3) is 6.02. The highest BCUT2D eigenvalue weighted by atomic mass is 35.5. The fourth-order valence-electron chi connectivity index (χ4n) is 1.07. The summed E-state index contributed by atoms with van der Waals surface area (Å²) < 4.78 is 35.3. The fourth-order valence-corrected chi connectivity index (χ4v) is 2.11. The van der Waals surface area contributed by atoms with Gasteiger partial charge in [-0.15, -0.1) is 11.3 Å². The van der Waals surface area contributed by atoms with Crippen molar-refractivity contribution >= 4 is 22.9 Å². The Morgan fingerprint density at radius 3 is 2.67 bits per heavy atom. The molecule has 0 aromatic carbocycles. The molecular formula is C9H11ClF3NS. The van der Waals surface area contributed by atoms with Crippen molar-refractivity contribution in [3.05, 3.63) is 21.3 Å². The number of hydrogen-bond acceptors (Lipinski definition) is 2. The van der Waals surface area contributed by atoms with Gasteiger partial charge in [-0.05, 0) is 19.0 Å². The van der Waals surface area contributed by atoms with Gasteiger partial charge in [-0.25, -0.2) is 0 Å². The average molecular weight is 258 g/mol. The third-order valence-corrected chi connectivity index (χ3v) is 3.02. The van der Waals surface area contributed by atoms with Gasteiger partial charge in [0.25, 0.3) is 0 Å². The van der Waals surface area contributed by atoms with Gasteiger partial charge in [0.15, 0.2) is 0 Å². The van der Waals surface area contributed by atoms with Gasteiger partial charge < -0.3 is 5.32 Å². The monoisotopic (exact) mass is 257 g/mol. The lowest BCUT2D eigenvalue weighted by molar-refractivity contribution is -0.135. The van der Waals surface area contributed by atoms with Crippen molar-refractivity contribution in [2.45, 2.75) is 25.6 Å². The van der Waals surface area contributed by atoms with E-state index in [0.717, 1.165) is 4.88 Å². The fraction of sp³-hybridized carbons (Fsp3) is 0.556. The van der Waals surface area contributed by atoms with E-state index in [-0.39, 0.29) is 6.42 Å². The quantitative estimate of drug-likeness (QED) is 0.791. The van der Waals surface area contributed by atoms with E-state index >= 15 is 0 Å². The molecule has 6 heteroatoms. The maximum atomic E-state index is 11.8. The highest BCUT2D eigenvalue weighted by Crippen LogP contribution is 2.21. The molecule has 1 nitrogen and oxygen atoms in total. The summed E-state index contributed by atoms with van der Waals surface area (Å²) in [6.07, 6.45) is -4.66. The van der Waals surface area contributed by atoms with Crippen molar-refractivity contribution in [2.75, 3.05) is 6.54 Å². The standard InChI is InChI=1S/C9H11ClF3NS/c10-7-4-8(15-6-7)5-14-3-1-2-9(11,12)13/h4,6,14H,1-3,5H2. The molecule has 0 amide bonds. The van der Waals surface area contributed by atoms with Gasteiger partial charge in [-0.2, -0.15) is 13.2 Å². The Morgan fingerprint density at radius 1 is 1.40 bits per heavy atom. The first-order chi connectivity index (χ1) is 6.97. The predicted molar refractivity (Wildman–Crippen MR) is 56.3 cm³/mol. The van der Waals surface area contributed by atoms with Crippen LogP contribution in [0.2, 0.25) is 5.02 Å². The van der Waals surface area contributed by atoms with E-state index in [1.807, 2.05) is 6.07 Å². The lowest BCUT2D eigenvalue weighted by Crippen LogP contribution is -2.17. The summed E-state index contributed by atoms with van der Waals surface area (Å²) >= 11 is 7.19. The van der Waals surface area contributed by atoms with E-state index in [2.05, 4.69) is 5.32 Å². The Morgan fingerprint density at radius 2 is 2.13 bits per heavy atom. The van der Waals surface area contributed by atoms with Gasteiger partial charge in [-0.1, -0.05) is 11.6 Å². The highest BCUT2D eigenvalue weighted by Gasteiger charge is 2.25. The van der Waals surface area contributed by atoms with Gasteiger partial charge in [0.2, 0.25) is 0 Å². The molecule has 15 heavy (non-hydrogen) atoms. The van der Waals surface area contributed by atoms with E-state index in [9.17, 15) is 13.2 Å². The molecule has 0 radical (unpaired) electrons. The molecule has 1 heterocycles. The molecule has 0 bridgehead atoms. The third-order valence-electron chi connectivity index (χ3n) is 1.73. The highest BCUT2D eigenvalue weighted by molar-refractivity contribution is 7.10. The first-order valence-electron chi connectivity index (χ1n) is 4.48. The van der Waals surface area contributed by atoms with Crippen molar-refractivity contribution in [1.82, 2.24) is 5.32 Å². The molecule has 1 rings (SSSR count). The Balaban J connectivity index is 2.07. The molecule has 0 unspecified atom stereocenters. The average Bonchev–Trinajstić information content (AvgIpc) is 2.49. The molecule has 86 valence electrons. The minimum absolute atomic E-state index is 0.114. The molecule has 0 saturated carbocycles. The molecule has 0 aliphatic heterocycles. The predicted octanol–water partition coefficient (Wildman–Crippen LogP) is 3.83. The number of halogens is 4. The first kappa shape index (κ1) is 12.8. The first-order valence-corrected chi connectivity index (χ1v) is 5.73. The van der Waals surface area contributed by atoms with Crippen molar-refractivity contribution in [3.8, 4) is 0 Å². The zero-order valence-corrected chi connectivity index (χ0v) is 9.48. The lowest BCUT2D eigenvalue weighted by Gasteiger charge is -2.06. The molecular weight excluding hydrogens is 247 g/mol. The summed E-state index contributed by atoms with van der Waals surface area (Å²) in [5.41, 5.74) is 0. The summed E-state index contributed by atoms with van der Waals surface area (Å²) in [6, 6.07) is 1.81. The maximum Gasteiger partial charge on any atom is 0.389 e. The molecule has 1 aromatic heterocycles. The van der Waals surface area contributed by atoms with Crippen LogP contribution in [-0.2, 0) is 6.54 Å². The molecule has 1 N–H and O–H groups in total. The Bertz CT molecular complexity index is 298. The van der Waals surface area contributed by atoms with Gasteiger partial charge in [0, 0.05) is 23.2 Å². The smallest absolute Gasteiger partial charge is 0.312 e. The van der Waals surface area contributed by atoms with Gasteiger partial charge in [-0.3, -0.25) is 0 Å². The normalized spacial score (nSPS) is 12.0. The van der Waals surface area contributed by atoms with E-state index in [4.69, 9.17) is 11.6 Å². The molecule has 0 saturated heterocycles. The number of rotatable bonds is 5. The molecule has 0 spiro atoms. The van der Waals surface area contributed by atoms with Crippen LogP contribution >= 0.6 is 22.9 Å². The SMILES string of the molecule is FC(F)(F)CCCNCc1cc(Cl)cs1. The van der Waals surface area contributed by atoms with Crippen LogP contribution in [0.4, 0.5) is 13.2 Å². The zero-order valence-electron chi connectivity index (χ0n) is 7.90. The second kappa shape index (κ2) is 5.72. The molecule has 0 atom stereocenters. The number of nitrogens with one attached hydrogen (secondary N) is 1. The summed E-state index contributed by atoms with van der Waals surface area (Å²) in [7, 11) is 0. The van der Waals surface area contributed by atoms with Crippen molar-refractivity contribution in [3.63, 3.8) is 0 Å². The van der Waals surface area contributed by atoms with E-state index < -0.39 is 12.6 Å². The van der Waals surface area contributed by atoms with Crippen LogP contribution in [0.1, 0.15) is 17.7 Å². The second-order valence-electron chi connectivity index (χ2n) is 3.13. The van der Waals surface area contributed by atoms with Crippen molar-refractivity contribution in [2.24, 2.45) is 0 Å². The van der Waals surface area contributed by atoms with Crippen LogP contribution in [0.25, 0.3) is 0 Å². The summed E-state index contributed by atoms with van der Waals surface area (Å²) in [5, 5.41) is 5.41.